The van der Waals surface area contributed by atoms with Gasteiger partial charge in [-0.25, -0.2) is 0 Å². The van der Waals surface area contributed by atoms with Crippen LogP contribution < -0.4 is 0 Å². The van der Waals surface area contributed by atoms with E-state index < -0.39 is 0 Å². The van der Waals surface area contributed by atoms with Gasteiger partial charge in [-0.05, 0) is 24.3 Å². The molecule has 0 saturated carbocycles. The summed E-state index contributed by atoms with van der Waals surface area (Å²) in [7, 11) is 0. The van der Waals surface area contributed by atoms with Crippen molar-refractivity contribution in [3.63, 3.8) is 0 Å². The molecule has 2 aromatic heterocycles. The molecule has 4 aromatic rings. The first-order valence-electron chi connectivity index (χ1n) is 5.68. The second-order valence-electron chi connectivity index (χ2n) is 4.26. The molecule has 0 unspecified atom stereocenters. The molecule has 0 bridgehead atoms. The molecule has 0 amide bonds. The molecule has 0 radical (unpaired) electrons. The van der Waals surface area contributed by atoms with E-state index in [9.17, 15) is 0 Å². The van der Waals surface area contributed by atoms with Crippen molar-refractivity contribution in [2.45, 2.75) is 0 Å². The Balaban J connectivity index is 2.35. The standard InChI is InChI=1S/C15H8ClNO/c16-9-5-6-12-11(7-9)15-10-3-1-2-4-13(10)18-14(15)8-17-12/h1-8H. The van der Waals surface area contributed by atoms with Gasteiger partial charge in [0.2, 0.25) is 0 Å². The molecule has 0 N–H and O–H groups in total. The lowest BCUT2D eigenvalue weighted by Gasteiger charge is -1.99. The van der Waals surface area contributed by atoms with E-state index in [1.54, 1.807) is 6.20 Å². The van der Waals surface area contributed by atoms with Crippen LogP contribution in [0.3, 0.4) is 0 Å². The fraction of sp³-hybridized carbons (Fsp3) is 0. The summed E-state index contributed by atoms with van der Waals surface area (Å²) in [6, 6.07) is 13.7. The van der Waals surface area contributed by atoms with Crippen LogP contribution in [0.5, 0.6) is 0 Å². The lowest BCUT2D eigenvalue weighted by Crippen LogP contribution is -1.79. The predicted octanol–water partition coefficient (Wildman–Crippen LogP) is 4.79. The molecule has 0 fully saturated rings. The zero-order valence-electron chi connectivity index (χ0n) is 9.35. The number of nitrogens with zero attached hydrogens (tertiary/aromatic N) is 1. The van der Waals surface area contributed by atoms with Crippen LogP contribution in [-0.4, -0.2) is 4.98 Å². The molecule has 2 aromatic carbocycles. The highest BCUT2D eigenvalue weighted by molar-refractivity contribution is 6.32. The Bertz CT molecular complexity index is 895. The first kappa shape index (κ1) is 9.92. The van der Waals surface area contributed by atoms with Crippen LogP contribution in [0.2, 0.25) is 5.02 Å². The lowest BCUT2D eigenvalue weighted by atomic mass is 10.1. The number of halogens is 1. The van der Waals surface area contributed by atoms with Crippen LogP contribution in [0.1, 0.15) is 0 Å². The van der Waals surface area contributed by atoms with E-state index >= 15 is 0 Å². The smallest absolute Gasteiger partial charge is 0.154 e. The van der Waals surface area contributed by atoms with Crippen molar-refractivity contribution >= 4 is 44.4 Å². The summed E-state index contributed by atoms with van der Waals surface area (Å²) < 4.78 is 5.79. The van der Waals surface area contributed by atoms with E-state index in [-0.39, 0.29) is 0 Å². The van der Waals surface area contributed by atoms with Crippen molar-refractivity contribution in [1.82, 2.24) is 4.98 Å². The number of para-hydroxylation sites is 1. The Hall–Kier alpha value is -2.06. The summed E-state index contributed by atoms with van der Waals surface area (Å²) in [5.74, 6) is 0. The van der Waals surface area contributed by atoms with Gasteiger partial charge in [-0.2, -0.15) is 0 Å². The van der Waals surface area contributed by atoms with Crippen LogP contribution in [0.4, 0.5) is 0 Å². The Morgan fingerprint density at radius 3 is 2.78 bits per heavy atom. The molecule has 0 aliphatic heterocycles. The molecular formula is C15H8ClNO. The third-order valence-corrected chi connectivity index (χ3v) is 3.41. The highest BCUT2D eigenvalue weighted by Gasteiger charge is 2.10. The Kier molecular flexibility index (Phi) is 1.91. The van der Waals surface area contributed by atoms with Crippen molar-refractivity contribution in [2.75, 3.05) is 0 Å². The van der Waals surface area contributed by atoms with Crippen LogP contribution >= 0.6 is 11.6 Å². The first-order valence-corrected chi connectivity index (χ1v) is 6.06. The van der Waals surface area contributed by atoms with Crippen molar-refractivity contribution < 1.29 is 4.42 Å². The maximum Gasteiger partial charge on any atom is 0.154 e. The summed E-state index contributed by atoms with van der Waals surface area (Å²) in [6.45, 7) is 0. The van der Waals surface area contributed by atoms with Gasteiger partial charge in [-0.3, -0.25) is 4.98 Å². The van der Waals surface area contributed by atoms with E-state index in [4.69, 9.17) is 16.0 Å². The molecular weight excluding hydrogens is 246 g/mol. The molecule has 0 aliphatic rings. The van der Waals surface area contributed by atoms with Crippen molar-refractivity contribution in [2.24, 2.45) is 0 Å². The highest BCUT2D eigenvalue weighted by Crippen LogP contribution is 2.34. The van der Waals surface area contributed by atoms with E-state index in [0.29, 0.717) is 5.02 Å². The topological polar surface area (TPSA) is 26.0 Å². The van der Waals surface area contributed by atoms with Crippen LogP contribution in [0.25, 0.3) is 32.8 Å². The molecule has 86 valence electrons. The maximum absolute atomic E-state index is 6.08. The normalized spacial score (nSPS) is 11.6. The van der Waals surface area contributed by atoms with Gasteiger partial charge in [0, 0.05) is 21.2 Å². The molecule has 3 heteroatoms. The summed E-state index contributed by atoms with van der Waals surface area (Å²) in [5, 5.41) is 3.92. The number of hydrogen-bond acceptors (Lipinski definition) is 2. The largest absolute Gasteiger partial charge is 0.454 e. The highest BCUT2D eigenvalue weighted by atomic mass is 35.5. The summed E-state index contributed by atoms with van der Waals surface area (Å²) in [5.41, 5.74) is 2.60. The van der Waals surface area contributed by atoms with Gasteiger partial charge in [0.15, 0.2) is 5.58 Å². The van der Waals surface area contributed by atoms with Gasteiger partial charge in [-0.15, -0.1) is 0 Å². The summed E-state index contributed by atoms with van der Waals surface area (Å²) >= 11 is 6.08. The first-order chi connectivity index (χ1) is 8.83. The average Bonchev–Trinajstić information content (AvgIpc) is 2.77. The van der Waals surface area contributed by atoms with Crippen molar-refractivity contribution in [3.8, 4) is 0 Å². The zero-order valence-corrected chi connectivity index (χ0v) is 10.1. The Morgan fingerprint density at radius 2 is 1.83 bits per heavy atom. The van der Waals surface area contributed by atoms with Crippen LogP contribution in [0, 0.1) is 0 Å². The lowest BCUT2D eigenvalue weighted by molar-refractivity contribution is 0.667. The monoisotopic (exact) mass is 253 g/mol. The third-order valence-electron chi connectivity index (χ3n) is 3.17. The Morgan fingerprint density at radius 1 is 0.944 bits per heavy atom. The molecule has 0 atom stereocenters. The van der Waals surface area contributed by atoms with Gasteiger partial charge >= 0.3 is 0 Å². The fourth-order valence-electron chi connectivity index (χ4n) is 2.38. The quantitative estimate of drug-likeness (QED) is 0.450. The molecule has 0 saturated heterocycles. The number of fused-ring (bicyclic) bond motifs is 5. The number of hydrogen-bond donors (Lipinski definition) is 0. The van der Waals surface area contributed by atoms with Gasteiger partial charge in [0.05, 0.1) is 11.7 Å². The van der Waals surface area contributed by atoms with Crippen LogP contribution in [-0.2, 0) is 0 Å². The molecule has 0 aliphatic carbocycles. The third kappa shape index (κ3) is 1.27. The number of aromatic nitrogens is 1. The average molecular weight is 254 g/mol. The van der Waals surface area contributed by atoms with E-state index in [1.807, 2.05) is 36.4 Å². The van der Waals surface area contributed by atoms with E-state index in [1.165, 1.54) is 0 Å². The summed E-state index contributed by atoms with van der Waals surface area (Å²) in [6.07, 6.45) is 1.77. The van der Waals surface area contributed by atoms with Gasteiger partial charge < -0.3 is 4.42 Å². The second kappa shape index (κ2) is 3.47. The molecule has 18 heavy (non-hydrogen) atoms. The number of benzene rings is 2. The molecule has 2 heterocycles. The fourth-order valence-corrected chi connectivity index (χ4v) is 2.55. The van der Waals surface area contributed by atoms with Crippen LogP contribution in [0.15, 0.2) is 53.1 Å². The maximum atomic E-state index is 6.08. The zero-order chi connectivity index (χ0) is 12.1. The second-order valence-corrected chi connectivity index (χ2v) is 4.69. The van der Waals surface area contributed by atoms with Crippen molar-refractivity contribution in [3.05, 3.63) is 53.7 Å². The van der Waals surface area contributed by atoms with E-state index in [2.05, 4.69) is 11.1 Å². The van der Waals surface area contributed by atoms with Gasteiger partial charge in [-0.1, -0.05) is 29.8 Å². The predicted molar refractivity (Wildman–Crippen MR) is 74.0 cm³/mol. The van der Waals surface area contributed by atoms with Gasteiger partial charge in [0.25, 0.3) is 0 Å². The Labute approximate surface area is 108 Å². The minimum atomic E-state index is 0.710. The molecule has 2 nitrogen and oxygen atoms in total. The summed E-state index contributed by atoms with van der Waals surface area (Å²) in [4.78, 5) is 4.39. The number of rotatable bonds is 0. The number of furan rings is 1. The minimum absolute atomic E-state index is 0.710. The minimum Gasteiger partial charge on any atom is -0.454 e. The van der Waals surface area contributed by atoms with Crippen molar-refractivity contribution in [1.29, 1.82) is 0 Å². The number of pyridine rings is 1. The van der Waals surface area contributed by atoms with Gasteiger partial charge in [0.1, 0.15) is 5.58 Å². The molecule has 4 rings (SSSR count). The SMILES string of the molecule is Clc1ccc2ncc3oc4ccccc4c3c2c1. The molecule has 0 spiro atoms. The van der Waals surface area contributed by atoms with E-state index in [0.717, 1.165) is 32.8 Å².